The second-order valence-electron chi connectivity index (χ2n) is 8.27. The van der Waals surface area contributed by atoms with Gasteiger partial charge in [0.25, 0.3) is 0 Å². The predicted octanol–water partition coefficient (Wildman–Crippen LogP) is 3.22. The molecule has 1 saturated carbocycles. The average Bonchev–Trinajstić information content (AvgIpc) is 3.31. The molecule has 1 unspecified atom stereocenters. The highest BCUT2D eigenvalue weighted by Crippen LogP contribution is 2.38. The van der Waals surface area contributed by atoms with Gasteiger partial charge >= 0.3 is 6.03 Å². The highest BCUT2D eigenvalue weighted by Gasteiger charge is 2.31. The van der Waals surface area contributed by atoms with Crippen LogP contribution in [0.2, 0.25) is 0 Å². The maximum Gasteiger partial charge on any atom is 0.321 e. The van der Waals surface area contributed by atoms with Gasteiger partial charge in [0.1, 0.15) is 5.82 Å². The minimum atomic E-state index is -0.113. The van der Waals surface area contributed by atoms with Gasteiger partial charge in [-0.2, -0.15) is 5.10 Å². The Hall–Kier alpha value is -2.90. The number of likely N-dealkylation sites (tertiary alicyclic amines) is 1. The molecule has 3 heterocycles. The molecular weight excluding hydrogens is 368 g/mol. The number of aromatic nitrogens is 3. The van der Waals surface area contributed by atoms with Crippen molar-refractivity contribution in [2.24, 2.45) is 0 Å². The highest BCUT2D eigenvalue weighted by atomic mass is 16.2. The lowest BCUT2D eigenvalue weighted by molar-refractivity contribution is -0.117. The average molecular weight is 394 g/mol. The summed E-state index contributed by atoms with van der Waals surface area (Å²) in [7, 11) is 0. The molecule has 152 valence electrons. The van der Waals surface area contributed by atoms with Crippen LogP contribution in [0.1, 0.15) is 62.0 Å². The molecule has 8 heteroatoms. The smallest absolute Gasteiger partial charge is 0.321 e. The largest absolute Gasteiger partial charge is 0.324 e. The van der Waals surface area contributed by atoms with E-state index in [4.69, 9.17) is 0 Å². The number of piperidine rings is 1. The SMILES string of the molecule is O=C(Nc1cccc(N2CCCC2=O)c1)N1CCCC(c2n[nH]c(C3CC3)n2)C1. The van der Waals surface area contributed by atoms with Crippen LogP contribution in [0.4, 0.5) is 16.2 Å². The molecule has 0 radical (unpaired) electrons. The molecule has 2 saturated heterocycles. The zero-order valence-corrected chi connectivity index (χ0v) is 16.4. The lowest BCUT2D eigenvalue weighted by Gasteiger charge is -2.31. The Labute approximate surface area is 169 Å². The second-order valence-corrected chi connectivity index (χ2v) is 8.27. The second kappa shape index (κ2) is 7.50. The molecule has 3 aliphatic rings. The first-order chi connectivity index (χ1) is 14.2. The topological polar surface area (TPSA) is 94.2 Å². The number of urea groups is 1. The van der Waals surface area contributed by atoms with Gasteiger partial charge in [0, 0.05) is 49.3 Å². The Morgan fingerprint density at radius 2 is 2.03 bits per heavy atom. The van der Waals surface area contributed by atoms with Crippen LogP contribution in [-0.2, 0) is 4.79 Å². The molecule has 2 N–H and O–H groups in total. The van der Waals surface area contributed by atoms with Crippen LogP contribution in [0.15, 0.2) is 24.3 Å². The van der Waals surface area contributed by atoms with Crippen molar-refractivity contribution in [3.63, 3.8) is 0 Å². The number of hydrogen-bond donors (Lipinski definition) is 2. The van der Waals surface area contributed by atoms with E-state index >= 15 is 0 Å². The number of carbonyl (C=O) groups is 2. The van der Waals surface area contributed by atoms with Gasteiger partial charge < -0.3 is 15.1 Å². The molecule has 1 aliphatic carbocycles. The van der Waals surface area contributed by atoms with Crippen LogP contribution in [0.5, 0.6) is 0 Å². The molecule has 1 aromatic heterocycles. The lowest BCUT2D eigenvalue weighted by Crippen LogP contribution is -2.41. The van der Waals surface area contributed by atoms with E-state index in [1.54, 1.807) is 4.90 Å². The lowest BCUT2D eigenvalue weighted by atomic mass is 9.97. The summed E-state index contributed by atoms with van der Waals surface area (Å²) in [6, 6.07) is 7.41. The Kier molecular flexibility index (Phi) is 4.69. The summed E-state index contributed by atoms with van der Waals surface area (Å²) in [6.45, 7) is 2.09. The van der Waals surface area contributed by atoms with Gasteiger partial charge in [0.2, 0.25) is 5.91 Å². The van der Waals surface area contributed by atoms with Gasteiger partial charge in [0.05, 0.1) is 0 Å². The minimum Gasteiger partial charge on any atom is -0.324 e. The highest BCUT2D eigenvalue weighted by molar-refractivity contribution is 5.96. The van der Waals surface area contributed by atoms with Crippen LogP contribution < -0.4 is 10.2 Å². The molecule has 5 rings (SSSR count). The van der Waals surface area contributed by atoms with Crippen LogP contribution >= 0.6 is 0 Å². The summed E-state index contributed by atoms with van der Waals surface area (Å²) >= 11 is 0. The van der Waals surface area contributed by atoms with E-state index in [2.05, 4.69) is 20.5 Å². The van der Waals surface area contributed by atoms with Crippen molar-refractivity contribution in [3.8, 4) is 0 Å². The van der Waals surface area contributed by atoms with Gasteiger partial charge in [-0.25, -0.2) is 9.78 Å². The van der Waals surface area contributed by atoms with Crippen molar-refractivity contribution in [2.45, 2.75) is 50.4 Å². The number of rotatable bonds is 4. The van der Waals surface area contributed by atoms with Crippen molar-refractivity contribution in [1.82, 2.24) is 20.1 Å². The Balaban J connectivity index is 1.24. The number of amides is 3. The maximum atomic E-state index is 12.9. The molecular formula is C21H26N6O2. The molecule has 0 spiro atoms. The Morgan fingerprint density at radius 3 is 2.83 bits per heavy atom. The van der Waals surface area contributed by atoms with Gasteiger partial charge in [-0.05, 0) is 50.3 Å². The first-order valence-corrected chi connectivity index (χ1v) is 10.6. The standard InChI is InChI=1S/C21H26N6O2/c28-18-7-3-11-27(18)17-6-1-5-16(12-17)22-21(29)26-10-2-4-15(13-26)20-23-19(24-25-20)14-8-9-14/h1,5-6,12,14-15H,2-4,7-11,13H2,(H,22,29)(H,23,24,25). The van der Waals surface area contributed by atoms with Crippen LogP contribution in [0.25, 0.3) is 0 Å². The third-order valence-electron chi connectivity index (χ3n) is 6.04. The number of benzene rings is 1. The predicted molar refractivity (Wildman–Crippen MR) is 109 cm³/mol. The summed E-state index contributed by atoms with van der Waals surface area (Å²) in [4.78, 5) is 33.1. The maximum absolute atomic E-state index is 12.9. The third-order valence-corrected chi connectivity index (χ3v) is 6.04. The molecule has 29 heavy (non-hydrogen) atoms. The summed E-state index contributed by atoms with van der Waals surface area (Å²) in [5.74, 6) is 2.69. The molecule has 2 aliphatic heterocycles. The fourth-order valence-corrected chi connectivity index (χ4v) is 4.26. The molecule has 2 aromatic rings. The molecule has 0 bridgehead atoms. The van der Waals surface area contributed by atoms with E-state index in [9.17, 15) is 9.59 Å². The number of H-pyrrole nitrogens is 1. The molecule has 8 nitrogen and oxygen atoms in total. The fourth-order valence-electron chi connectivity index (χ4n) is 4.26. The fraction of sp³-hybridized carbons (Fsp3) is 0.524. The van der Waals surface area contributed by atoms with Crippen molar-refractivity contribution in [2.75, 3.05) is 29.9 Å². The van der Waals surface area contributed by atoms with Crippen LogP contribution in [-0.4, -0.2) is 51.7 Å². The quantitative estimate of drug-likeness (QED) is 0.832. The minimum absolute atomic E-state index is 0.113. The zero-order valence-electron chi connectivity index (χ0n) is 16.4. The number of aromatic amines is 1. The van der Waals surface area contributed by atoms with Gasteiger partial charge in [-0.1, -0.05) is 6.07 Å². The number of hydrogen-bond acceptors (Lipinski definition) is 4. The first kappa shape index (κ1) is 18.1. The van der Waals surface area contributed by atoms with Crippen molar-refractivity contribution in [3.05, 3.63) is 35.9 Å². The molecule has 3 amide bonds. The normalized spacial score (nSPS) is 22.2. The number of anilines is 2. The Morgan fingerprint density at radius 1 is 1.14 bits per heavy atom. The van der Waals surface area contributed by atoms with Crippen LogP contribution in [0.3, 0.4) is 0 Å². The van der Waals surface area contributed by atoms with Crippen molar-refractivity contribution >= 4 is 23.3 Å². The Bertz CT molecular complexity index is 921. The van der Waals surface area contributed by atoms with Crippen molar-refractivity contribution in [1.29, 1.82) is 0 Å². The molecule has 1 atom stereocenters. The number of nitrogens with zero attached hydrogens (tertiary/aromatic N) is 4. The number of carbonyl (C=O) groups excluding carboxylic acids is 2. The molecule has 1 aromatic carbocycles. The summed E-state index contributed by atoms with van der Waals surface area (Å²) in [5.41, 5.74) is 1.55. The van der Waals surface area contributed by atoms with E-state index in [-0.39, 0.29) is 17.9 Å². The first-order valence-electron chi connectivity index (χ1n) is 10.6. The van der Waals surface area contributed by atoms with Gasteiger partial charge in [-0.15, -0.1) is 0 Å². The monoisotopic (exact) mass is 394 g/mol. The van der Waals surface area contributed by atoms with E-state index in [1.807, 2.05) is 29.2 Å². The van der Waals surface area contributed by atoms with Gasteiger partial charge in [0.15, 0.2) is 5.82 Å². The van der Waals surface area contributed by atoms with E-state index in [0.717, 1.165) is 49.7 Å². The summed E-state index contributed by atoms with van der Waals surface area (Å²) in [6.07, 6.45) is 5.79. The van der Waals surface area contributed by atoms with Gasteiger partial charge in [-0.3, -0.25) is 9.89 Å². The van der Waals surface area contributed by atoms with E-state index < -0.39 is 0 Å². The summed E-state index contributed by atoms with van der Waals surface area (Å²) in [5, 5.41) is 10.5. The zero-order chi connectivity index (χ0) is 19.8. The van der Waals surface area contributed by atoms with Crippen LogP contribution in [0, 0.1) is 0 Å². The third kappa shape index (κ3) is 3.83. The number of nitrogens with one attached hydrogen (secondary N) is 2. The summed E-state index contributed by atoms with van der Waals surface area (Å²) < 4.78 is 0. The van der Waals surface area contributed by atoms with Crippen molar-refractivity contribution < 1.29 is 9.59 Å². The van der Waals surface area contributed by atoms with E-state index in [0.29, 0.717) is 24.6 Å². The molecule has 3 fully saturated rings. The van der Waals surface area contributed by atoms with E-state index in [1.165, 1.54) is 12.8 Å².